The molecule has 2 rings (SSSR count). The Balaban J connectivity index is 0.00000200. The van der Waals surface area contributed by atoms with Crippen LogP contribution in [0.25, 0.3) is 0 Å². The lowest BCUT2D eigenvalue weighted by Gasteiger charge is -2.39. The van der Waals surface area contributed by atoms with Gasteiger partial charge in [0, 0.05) is 23.7 Å². The Labute approximate surface area is 133 Å². The van der Waals surface area contributed by atoms with Gasteiger partial charge in [-0.3, -0.25) is 4.90 Å². The molecule has 0 aliphatic carbocycles. The van der Waals surface area contributed by atoms with Crippen LogP contribution in [0.2, 0.25) is 5.02 Å². The minimum absolute atomic E-state index is 0. The van der Waals surface area contributed by atoms with Crippen molar-refractivity contribution in [2.45, 2.75) is 51.6 Å². The van der Waals surface area contributed by atoms with Crippen LogP contribution < -0.4 is 4.74 Å². The summed E-state index contributed by atoms with van der Waals surface area (Å²) in [6.07, 6.45) is 5.13. The first-order valence-corrected chi connectivity index (χ1v) is 7.68. The first-order valence-electron chi connectivity index (χ1n) is 7.31. The van der Waals surface area contributed by atoms with Gasteiger partial charge in [-0.1, -0.05) is 18.0 Å². The Kier molecular flexibility index (Phi) is 7.71. The van der Waals surface area contributed by atoms with Crippen LogP contribution >= 0.6 is 24.0 Å². The van der Waals surface area contributed by atoms with E-state index in [0.29, 0.717) is 0 Å². The highest BCUT2D eigenvalue weighted by Crippen LogP contribution is 2.22. The number of likely N-dealkylation sites (tertiary alicyclic amines) is 1. The van der Waals surface area contributed by atoms with Crippen LogP contribution in [0.1, 0.15) is 39.5 Å². The zero-order valence-corrected chi connectivity index (χ0v) is 13.9. The molecule has 4 heteroatoms. The zero-order valence-electron chi connectivity index (χ0n) is 12.3. The molecule has 0 unspecified atom stereocenters. The van der Waals surface area contributed by atoms with Crippen molar-refractivity contribution in [3.8, 4) is 5.75 Å². The average Bonchev–Trinajstić information content (AvgIpc) is 2.39. The van der Waals surface area contributed by atoms with Gasteiger partial charge in [0.1, 0.15) is 5.75 Å². The number of hydrogen-bond acceptors (Lipinski definition) is 2. The molecule has 0 N–H and O–H groups in total. The minimum atomic E-state index is 0. The Morgan fingerprint density at radius 3 is 2.35 bits per heavy atom. The second-order valence-corrected chi connectivity index (χ2v) is 5.96. The van der Waals surface area contributed by atoms with Crippen LogP contribution in [-0.4, -0.2) is 30.1 Å². The number of nitrogens with zero attached hydrogens (tertiary/aromatic N) is 1. The lowest BCUT2D eigenvalue weighted by molar-refractivity contribution is 0.0961. The van der Waals surface area contributed by atoms with Crippen LogP contribution in [-0.2, 0) is 0 Å². The SMILES string of the molecule is C[C@@H]1CCC[C@H](C)N1CCCOc1ccc(Cl)cc1.Cl. The first kappa shape index (κ1) is 17.6. The van der Waals surface area contributed by atoms with Crippen LogP contribution in [0.5, 0.6) is 5.75 Å². The fourth-order valence-corrected chi connectivity index (χ4v) is 3.01. The molecule has 1 aromatic carbocycles. The van der Waals surface area contributed by atoms with Gasteiger partial charge in [0.15, 0.2) is 0 Å². The highest BCUT2D eigenvalue weighted by Gasteiger charge is 2.23. The number of ether oxygens (including phenoxy) is 1. The summed E-state index contributed by atoms with van der Waals surface area (Å²) in [4.78, 5) is 2.62. The molecule has 0 saturated carbocycles. The average molecular weight is 318 g/mol. The van der Waals surface area contributed by atoms with Gasteiger partial charge in [0.25, 0.3) is 0 Å². The molecule has 1 fully saturated rings. The summed E-state index contributed by atoms with van der Waals surface area (Å²) < 4.78 is 5.74. The number of halogens is 2. The molecule has 1 aliphatic rings. The van der Waals surface area contributed by atoms with E-state index in [1.54, 1.807) is 0 Å². The van der Waals surface area contributed by atoms with Gasteiger partial charge in [0.05, 0.1) is 6.61 Å². The number of piperidine rings is 1. The van der Waals surface area contributed by atoms with E-state index in [4.69, 9.17) is 16.3 Å². The maximum atomic E-state index is 5.84. The maximum Gasteiger partial charge on any atom is 0.119 e. The second kappa shape index (κ2) is 8.76. The summed E-state index contributed by atoms with van der Waals surface area (Å²) in [6.45, 7) is 6.60. The van der Waals surface area contributed by atoms with Crippen LogP contribution in [0.4, 0.5) is 0 Å². The van der Waals surface area contributed by atoms with Gasteiger partial charge in [-0.05, 0) is 57.4 Å². The van der Waals surface area contributed by atoms with E-state index in [1.807, 2.05) is 24.3 Å². The molecule has 2 atom stereocenters. The highest BCUT2D eigenvalue weighted by molar-refractivity contribution is 6.30. The molecular weight excluding hydrogens is 293 g/mol. The van der Waals surface area contributed by atoms with Crippen molar-refractivity contribution in [1.29, 1.82) is 0 Å². The quantitative estimate of drug-likeness (QED) is 0.724. The molecule has 1 heterocycles. The van der Waals surface area contributed by atoms with Crippen molar-refractivity contribution < 1.29 is 4.74 Å². The number of rotatable bonds is 5. The van der Waals surface area contributed by atoms with E-state index in [-0.39, 0.29) is 12.4 Å². The smallest absolute Gasteiger partial charge is 0.119 e. The fourth-order valence-electron chi connectivity index (χ4n) is 2.88. The van der Waals surface area contributed by atoms with Gasteiger partial charge in [-0.25, -0.2) is 0 Å². The van der Waals surface area contributed by atoms with Gasteiger partial charge >= 0.3 is 0 Å². The molecule has 1 saturated heterocycles. The van der Waals surface area contributed by atoms with Gasteiger partial charge in [-0.2, -0.15) is 0 Å². The molecule has 2 nitrogen and oxygen atoms in total. The van der Waals surface area contributed by atoms with Crippen molar-refractivity contribution in [1.82, 2.24) is 4.90 Å². The maximum absolute atomic E-state index is 5.84. The Morgan fingerprint density at radius 1 is 1.15 bits per heavy atom. The third-order valence-electron chi connectivity index (χ3n) is 4.02. The van der Waals surface area contributed by atoms with Crippen molar-refractivity contribution in [3.63, 3.8) is 0 Å². The summed E-state index contributed by atoms with van der Waals surface area (Å²) in [5.74, 6) is 0.907. The Bertz CT molecular complexity index is 373. The standard InChI is InChI=1S/C16H24ClNO.ClH/c1-13-5-3-6-14(2)18(13)11-4-12-19-16-9-7-15(17)8-10-16;/h7-10,13-14H,3-6,11-12H2,1-2H3;1H/t13-,14+;. The van der Waals surface area contributed by atoms with E-state index in [0.717, 1.165) is 42.4 Å². The number of benzene rings is 1. The molecule has 0 bridgehead atoms. The van der Waals surface area contributed by atoms with Crippen LogP contribution in [0.15, 0.2) is 24.3 Å². The lowest BCUT2D eigenvalue weighted by atomic mass is 9.97. The fraction of sp³-hybridized carbons (Fsp3) is 0.625. The molecule has 0 spiro atoms. The predicted molar refractivity (Wildman–Crippen MR) is 88.3 cm³/mol. The Morgan fingerprint density at radius 2 is 1.75 bits per heavy atom. The summed E-state index contributed by atoms with van der Waals surface area (Å²) in [6, 6.07) is 9.03. The van der Waals surface area contributed by atoms with Gasteiger partial charge < -0.3 is 4.74 Å². The summed E-state index contributed by atoms with van der Waals surface area (Å²) in [5.41, 5.74) is 0. The Hall–Kier alpha value is -0.440. The van der Waals surface area contributed by atoms with Crippen molar-refractivity contribution in [3.05, 3.63) is 29.3 Å². The molecule has 0 aromatic heterocycles. The molecule has 1 aliphatic heterocycles. The summed E-state index contributed by atoms with van der Waals surface area (Å²) in [5, 5.41) is 0.753. The second-order valence-electron chi connectivity index (χ2n) is 5.52. The van der Waals surface area contributed by atoms with Crippen LogP contribution in [0, 0.1) is 0 Å². The van der Waals surface area contributed by atoms with Gasteiger partial charge in [-0.15, -0.1) is 12.4 Å². The number of hydrogen-bond donors (Lipinski definition) is 0. The van der Waals surface area contributed by atoms with Crippen molar-refractivity contribution >= 4 is 24.0 Å². The van der Waals surface area contributed by atoms with Crippen molar-refractivity contribution in [2.24, 2.45) is 0 Å². The topological polar surface area (TPSA) is 12.5 Å². The third kappa shape index (κ3) is 5.16. The summed E-state index contributed by atoms with van der Waals surface area (Å²) in [7, 11) is 0. The third-order valence-corrected chi connectivity index (χ3v) is 4.27. The van der Waals surface area contributed by atoms with Crippen LogP contribution in [0.3, 0.4) is 0 Å². The van der Waals surface area contributed by atoms with Gasteiger partial charge in [0.2, 0.25) is 0 Å². The zero-order chi connectivity index (χ0) is 13.7. The van der Waals surface area contributed by atoms with E-state index in [1.165, 1.54) is 19.3 Å². The minimum Gasteiger partial charge on any atom is -0.494 e. The van der Waals surface area contributed by atoms with E-state index >= 15 is 0 Å². The largest absolute Gasteiger partial charge is 0.494 e. The molecule has 114 valence electrons. The molecule has 1 aromatic rings. The molecule has 20 heavy (non-hydrogen) atoms. The highest BCUT2D eigenvalue weighted by atomic mass is 35.5. The van der Waals surface area contributed by atoms with E-state index in [2.05, 4.69) is 18.7 Å². The predicted octanol–water partition coefficient (Wildman–Crippen LogP) is 4.79. The lowest BCUT2D eigenvalue weighted by Crippen LogP contribution is -2.44. The van der Waals surface area contributed by atoms with E-state index < -0.39 is 0 Å². The normalized spacial score (nSPS) is 23.1. The summed E-state index contributed by atoms with van der Waals surface area (Å²) >= 11 is 5.84. The van der Waals surface area contributed by atoms with E-state index in [9.17, 15) is 0 Å². The molecule has 0 amide bonds. The van der Waals surface area contributed by atoms with Crippen molar-refractivity contribution in [2.75, 3.05) is 13.2 Å². The molecular formula is C16H25Cl2NO. The molecule has 0 radical (unpaired) electrons. The first-order chi connectivity index (χ1) is 9.16. The monoisotopic (exact) mass is 317 g/mol.